The Morgan fingerprint density at radius 3 is 1.79 bits per heavy atom. The minimum absolute atomic E-state index is 0.0726. The van der Waals surface area contributed by atoms with Crippen molar-refractivity contribution in [1.29, 1.82) is 0 Å². The lowest BCUT2D eigenvalue weighted by molar-refractivity contribution is -0.138. The third kappa shape index (κ3) is 22.4. The fourth-order valence-electron chi connectivity index (χ4n) is 0.506. The zero-order chi connectivity index (χ0) is 12.0. The van der Waals surface area contributed by atoms with Crippen LogP contribution >= 0.6 is 0 Å². The first-order valence-electron chi connectivity index (χ1n) is 5.15. The van der Waals surface area contributed by atoms with Crippen molar-refractivity contribution in [2.24, 2.45) is 0 Å². The number of carboxylic acids is 1. The third-order valence-electron chi connectivity index (χ3n) is 0.940. The second-order valence-electron chi connectivity index (χ2n) is 1.85. The van der Waals surface area contributed by atoms with Gasteiger partial charge in [0.25, 0.3) is 0 Å². The molecule has 0 heterocycles. The molecule has 0 rings (SSSR count). The lowest BCUT2D eigenvalue weighted by Crippen LogP contribution is -2.22. The summed E-state index contributed by atoms with van der Waals surface area (Å²) in [5.41, 5.74) is 0. The number of nitrogens with one attached hydrogen (secondary N) is 1. The van der Waals surface area contributed by atoms with Gasteiger partial charge in [0.1, 0.15) is 0 Å². The maximum absolute atomic E-state index is 10.6. The molecule has 0 bridgehead atoms. The van der Waals surface area contributed by atoms with E-state index in [2.05, 4.69) is 5.32 Å². The predicted molar refractivity (Wildman–Crippen MR) is 58.2 cm³/mol. The van der Waals surface area contributed by atoms with Crippen molar-refractivity contribution in [2.45, 2.75) is 47.5 Å². The summed E-state index contributed by atoms with van der Waals surface area (Å²) in [7, 11) is 0. The summed E-state index contributed by atoms with van der Waals surface area (Å²) in [6, 6.07) is 0. The number of carbonyl (C=O) groups is 2. The van der Waals surface area contributed by atoms with Gasteiger partial charge in [-0.2, -0.15) is 0 Å². The Bertz CT molecular complexity index is 135. The third-order valence-corrected chi connectivity index (χ3v) is 0.940. The molecular formula is C10H23NO3. The standard InChI is InChI=1S/C6H11NO3.2C2H6/c1-2-7-5(8)3-4-6(9)10;2*1-2/h2-4H2,1H3,(H,7,8)(H,9,10);2*1-2H3. The number of hydrogen-bond donors (Lipinski definition) is 2. The van der Waals surface area contributed by atoms with Gasteiger partial charge in [0.15, 0.2) is 0 Å². The molecule has 0 saturated carbocycles. The van der Waals surface area contributed by atoms with Crippen LogP contribution in [0, 0.1) is 0 Å². The molecular weight excluding hydrogens is 182 g/mol. The minimum Gasteiger partial charge on any atom is -0.481 e. The molecule has 1 amide bonds. The van der Waals surface area contributed by atoms with Gasteiger partial charge in [-0.05, 0) is 6.92 Å². The topological polar surface area (TPSA) is 66.4 Å². The van der Waals surface area contributed by atoms with Crippen molar-refractivity contribution in [3.8, 4) is 0 Å². The summed E-state index contributed by atoms with van der Waals surface area (Å²) >= 11 is 0. The average molecular weight is 205 g/mol. The van der Waals surface area contributed by atoms with E-state index in [1.165, 1.54) is 0 Å². The second kappa shape index (κ2) is 17.9. The fraction of sp³-hybridized carbons (Fsp3) is 0.800. The monoisotopic (exact) mass is 205 g/mol. The first-order chi connectivity index (χ1) is 6.66. The Balaban J connectivity index is -0.000000266. The summed E-state index contributed by atoms with van der Waals surface area (Å²) in [6.07, 6.45) is -0.0188. The molecule has 0 fully saturated rings. The van der Waals surface area contributed by atoms with Crippen molar-refractivity contribution in [2.75, 3.05) is 6.54 Å². The molecule has 0 aromatic heterocycles. The molecule has 0 aliphatic heterocycles. The highest BCUT2D eigenvalue weighted by Gasteiger charge is 2.02. The van der Waals surface area contributed by atoms with Gasteiger partial charge in [-0.3, -0.25) is 9.59 Å². The number of aliphatic carboxylic acids is 1. The van der Waals surface area contributed by atoms with Crippen LogP contribution in [0.25, 0.3) is 0 Å². The Kier molecular flexibility index (Phi) is 23.8. The summed E-state index contributed by atoms with van der Waals surface area (Å²) < 4.78 is 0. The van der Waals surface area contributed by atoms with E-state index < -0.39 is 5.97 Å². The molecule has 4 heteroatoms. The lowest BCUT2D eigenvalue weighted by atomic mass is 10.3. The highest BCUT2D eigenvalue weighted by molar-refractivity contribution is 5.80. The quantitative estimate of drug-likeness (QED) is 0.738. The average Bonchev–Trinajstić information content (AvgIpc) is 2.21. The molecule has 0 unspecified atom stereocenters. The summed E-state index contributed by atoms with van der Waals surface area (Å²) in [4.78, 5) is 20.5. The van der Waals surface area contributed by atoms with E-state index in [1.807, 2.05) is 27.7 Å². The second-order valence-corrected chi connectivity index (χ2v) is 1.85. The maximum atomic E-state index is 10.6. The number of carboxylic acid groups (broad SMARTS) is 1. The van der Waals surface area contributed by atoms with Gasteiger partial charge in [-0.1, -0.05) is 27.7 Å². The van der Waals surface area contributed by atoms with Crippen molar-refractivity contribution in [3.63, 3.8) is 0 Å². The Morgan fingerprint density at radius 1 is 1.07 bits per heavy atom. The fourth-order valence-corrected chi connectivity index (χ4v) is 0.506. The van der Waals surface area contributed by atoms with Crippen molar-refractivity contribution in [3.05, 3.63) is 0 Å². The normalized spacial score (nSPS) is 7.21. The highest BCUT2D eigenvalue weighted by Crippen LogP contribution is 1.87. The molecule has 86 valence electrons. The SMILES string of the molecule is CC.CC.CCNC(=O)CCC(=O)O. The van der Waals surface area contributed by atoms with Gasteiger partial charge in [-0.25, -0.2) is 0 Å². The molecule has 0 saturated heterocycles. The van der Waals surface area contributed by atoms with Gasteiger partial charge in [0, 0.05) is 13.0 Å². The van der Waals surface area contributed by atoms with Crippen molar-refractivity contribution < 1.29 is 14.7 Å². The predicted octanol–water partition coefficient (Wildman–Crippen LogP) is 2.04. The van der Waals surface area contributed by atoms with Gasteiger partial charge in [0.2, 0.25) is 5.91 Å². The number of amides is 1. The molecule has 0 aliphatic carbocycles. The van der Waals surface area contributed by atoms with E-state index in [9.17, 15) is 9.59 Å². The van der Waals surface area contributed by atoms with Gasteiger partial charge in [0.05, 0.1) is 6.42 Å². The molecule has 0 spiro atoms. The van der Waals surface area contributed by atoms with Crippen LogP contribution in [0.5, 0.6) is 0 Å². The van der Waals surface area contributed by atoms with E-state index in [4.69, 9.17) is 5.11 Å². The maximum Gasteiger partial charge on any atom is 0.303 e. The number of hydrogen-bond acceptors (Lipinski definition) is 2. The van der Waals surface area contributed by atoms with Crippen molar-refractivity contribution >= 4 is 11.9 Å². The molecule has 2 N–H and O–H groups in total. The van der Waals surface area contributed by atoms with Crippen LogP contribution in [0.1, 0.15) is 47.5 Å². The van der Waals surface area contributed by atoms with E-state index in [0.717, 1.165) is 0 Å². The highest BCUT2D eigenvalue weighted by atomic mass is 16.4. The molecule has 0 aliphatic rings. The molecule has 0 aromatic rings. The summed E-state index contributed by atoms with van der Waals surface area (Å²) in [5, 5.41) is 10.6. The number of carbonyl (C=O) groups excluding carboxylic acids is 1. The smallest absolute Gasteiger partial charge is 0.303 e. The minimum atomic E-state index is -0.939. The van der Waals surface area contributed by atoms with Crippen LogP contribution in [0.2, 0.25) is 0 Å². The van der Waals surface area contributed by atoms with Crippen LogP contribution in [0.15, 0.2) is 0 Å². The van der Waals surface area contributed by atoms with Gasteiger partial charge >= 0.3 is 5.97 Å². The van der Waals surface area contributed by atoms with Gasteiger partial charge in [-0.15, -0.1) is 0 Å². The number of rotatable bonds is 4. The van der Waals surface area contributed by atoms with Crippen LogP contribution in [0.3, 0.4) is 0 Å². The Morgan fingerprint density at radius 2 is 1.50 bits per heavy atom. The summed E-state index contributed by atoms with van der Waals surface area (Å²) in [5.74, 6) is -1.14. The lowest BCUT2D eigenvalue weighted by Gasteiger charge is -1.97. The van der Waals surface area contributed by atoms with E-state index >= 15 is 0 Å². The molecule has 0 aromatic carbocycles. The van der Waals surface area contributed by atoms with Gasteiger partial charge < -0.3 is 10.4 Å². The Hall–Kier alpha value is -1.06. The van der Waals surface area contributed by atoms with Crippen LogP contribution in [-0.4, -0.2) is 23.5 Å². The zero-order valence-corrected chi connectivity index (χ0v) is 9.89. The first-order valence-corrected chi connectivity index (χ1v) is 5.15. The van der Waals surface area contributed by atoms with Crippen LogP contribution in [0.4, 0.5) is 0 Å². The molecule has 4 nitrogen and oxygen atoms in total. The van der Waals surface area contributed by atoms with Crippen molar-refractivity contribution in [1.82, 2.24) is 5.32 Å². The zero-order valence-electron chi connectivity index (χ0n) is 9.89. The first kappa shape index (κ1) is 18.7. The molecule has 0 atom stereocenters. The molecule has 0 radical (unpaired) electrons. The summed E-state index contributed by atoms with van der Waals surface area (Å²) in [6.45, 7) is 10.3. The van der Waals surface area contributed by atoms with Crippen LogP contribution in [-0.2, 0) is 9.59 Å². The van der Waals surface area contributed by atoms with E-state index in [1.54, 1.807) is 6.92 Å². The largest absolute Gasteiger partial charge is 0.481 e. The van der Waals surface area contributed by atoms with Crippen LogP contribution < -0.4 is 5.32 Å². The van der Waals surface area contributed by atoms with E-state index in [-0.39, 0.29) is 18.7 Å². The van der Waals surface area contributed by atoms with E-state index in [0.29, 0.717) is 6.54 Å². The Labute approximate surface area is 86.7 Å². The molecule has 14 heavy (non-hydrogen) atoms.